The van der Waals surface area contributed by atoms with Gasteiger partial charge in [0.1, 0.15) is 0 Å². The second-order valence-corrected chi connectivity index (χ2v) is 7.54. The summed E-state index contributed by atoms with van der Waals surface area (Å²) in [6, 6.07) is 0. The molecule has 0 aromatic carbocycles. The van der Waals surface area contributed by atoms with Crippen LogP contribution in [-0.4, -0.2) is 12.1 Å². The molecule has 0 saturated heterocycles. The van der Waals surface area contributed by atoms with E-state index in [0.29, 0.717) is 5.54 Å². The average Bonchev–Trinajstić information content (AvgIpc) is 2.32. The fourth-order valence-electron chi connectivity index (χ4n) is 5.41. The summed E-state index contributed by atoms with van der Waals surface area (Å²) in [6.07, 6.45) is 16.3. The van der Waals surface area contributed by atoms with E-state index in [9.17, 15) is 0 Å². The molecule has 18 heavy (non-hydrogen) atoms. The van der Waals surface area contributed by atoms with Gasteiger partial charge in [0.15, 0.2) is 0 Å². The Kier molecular flexibility index (Phi) is 3.98. The third-order valence-electron chi connectivity index (χ3n) is 5.82. The molecule has 4 aliphatic carbocycles. The van der Waals surface area contributed by atoms with Crippen molar-refractivity contribution < 1.29 is 0 Å². The van der Waals surface area contributed by atoms with Crippen LogP contribution in [0.4, 0.5) is 0 Å². The standard InChI is InChI=1S/C17H31N/c1-2-3-4-5-6-7-18-17-11-14-8-15(12-17)10-16(9-14)13-17/h14-16,18H,2-13H2,1H3. The number of unbranched alkanes of at least 4 members (excludes halogenated alkanes) is 4. The van der Waals surface area contributed by atoms with Crippen LogP contribution in [0.25, 0.3) is 0 Å². The van der Waals surface area contributed by atoms with E-state index >= 15 is 0 Å². The highest BCUT2D eigenvalue weighted by Gasteiger charge is 2.50. The van der Waals surface area contributed by atoms with Crippen LogP contribution in [0.15, 0.2) is 0 Å². The van der Waals surface area contributed by atoms with E-state index in [1.807, 2.05) is 0 Å². The van der Waals surface area contributed by atoms with Crippen LogP contribution in [0, 0.1) is 17.8 Å². The number of nitrogens with one attached hydrogen (secondary N) is 1. The normalized spacial score (nSPS) is 41.5. The first-order valence-corrected chi connectivity index (χ1v) is 8.55. The van der Waals surface area contributed by atoms with Crippen molar-refractivity contribution in [1.82, 2.24) is 5.32 Å². The van der Waals surface area contributed by atoms with E-state index in [1.54, 1.807) is 19.3 Å². The summed E-state index contributed by atoms with van der Waals surface area (Å²) in [7, 11) is 0. The van der Waals surface area contributed by atoms with Crippen molar-refractivity contribution in [1.29, 1.82) is 0 Å². The van der Waals surface area contributed by atoms with Gasteiger partial charge in [-0.15, -0.1) is 0 Å². The molecule has 104 valence electrons. The molecule has 4 fully saturated rings. The summed E-state index contributed by atoms with van der Waals surface area (Å²) in [5, 5.41) is 4.00. The molecule has 0 heterocycles. The predicted octanol–water partition coefficient (Wildman–Crippen LogP) is 4.52. The first-order chi connectivity index (χ1) is 8.80. The zero-order chi connectivity index (χ0) is 12.4. The predicted molar refractivity (Wildman–Crippen MR) is 77.7 cm³/mol. The lowest BCUT2D eigenvalue weighted by Gasteiger charge is -2.57. The highest BCUT2D eigenvalue weighted by atomic mass is 15.0. The van der Waals surface area contributed by atoms with E-state index in [0.717, 1.165) is 17.8 Å². The van der Waals surface area contributed by atoms with Crippen molar-refractivity contribution >= 4 is 0 Å². The minimum Gasteiger partial charge on any atom is -0.311 e. The van der Waals surface area contributed by atoms with Crippen molar-refractivity contribution in [3.8, 4) is 0 Å². The summed E-state index contributed by atoms with van der Waals surface area (Å²) >= 11 is 0. The van der Waals surface area contributed by atoms with Gasteiger partial charge >= 0.3 is 0 Å². The van der Waals surface area contributed by atoms with Crippen LogP contribution < -0.4 is 5.32 Å². The quantitative estimate of drug-likeness (QED) is 0.654. The molecule has 0 aromatic rings. The topological polar surface area (TPSA) is 12.0 Å². The molecule has 0 spiro atoms. The van der Waals surface area contributed by atoms with E-state index in [2.05, 4.69) is 12.2 Å². The fourth-order valence-corrected chi connectivity index (χ4v) is 5.41. The van der Waals surface area contributed by atoms with Gasteiger partial charge in [-0.3, -0.25) is 0 Å². The smallest absolute Gasteiger partial charge is 0.0189 e. The van der Waals surface area contributed by atoms with Gasteiger partial charge in [0.25, 0.3) is 0 Å². The van der Waals surface area contributed by atoms with Gasteiger partial charge in [0.05, 0.1) is 0 Å². The van der Waals surface area contributed by atoms with Crippen molar-refractivity contribution in [3.05, 3.63) is 0 Å². The van der Waals surface area contributed by atoms with Crippen molar-refractivity contribution in [2.45, 2.75) is 83.1 Å². The second kappa shape index (κ2) is 5.53. The monoisotopic (exact) mass is 249 g/mol. The zero-order valence-electron chi connectivity index (χ0n) is 12.2. The van der Waals surface area contributed by atoms with Gasteiger partial charge in [-0.2, -0.15) is 0 Å². The van der Waals surface area contributed by atoms with Gasteiger partial charge < -0.3 is 5.32 Å². The zero-order valence-corrected chi connectivity index (χ0v) is 12.2. The third kappa shape index (κ3) is 2.76. The second-order valence-electron chi connectivity index (χ2n) is 7.54. The fraction of sp³-hybridized carbons (Fsp3) is 1.00. The van der Waals surface area contributed by atoms with E-state index in [4.69, 9.17) is 0 Å². The Balaban J connectivity index is 1.42. The van der Waals surface area contributed by atoms with Crippen LogP contribution >= 0.6 is 0 Å². The third-order valence-corrected chi connectivity index (χ3v) is 5.82. The molecule has 0 unspecified atom stereocenters. The van der Waals surface area contributed by atoms with Crippen molar-refractivity contribution in [3.63, 3.8) is 0 Å². The van der Waals surface area contributed by atoms with Crippen LogP contribution in [0.3, 0.4) is 0 Å². The van der Waals surface area contributed by atoms with Crippen LogP contribution in [-0.2, 0) is 0 Å². The number of hydrogen-bond acceptors (Lipinski definition) is 1. The maximum atomic E-state index is 4.00. The Morgan fingerprint density at radius 2 is 1.39 bits per heavy atom. The Morgan fingerprint density at radius 3 is 1.94 bits per heavy atom. The molecule has 4 bridgehead atoms. The molecule has 0 aromatic heterocycles. The first kappa shape index (κ1) is 13.0. The van der Waals surface area contributed by atoms with Gasteiger partial charge in [0.2, 0.25) is 0 Å². The lowest BCUT2D eigenvalue weighted by molar-refractivity contribution is -0.0196. The van der Waals surface area contributed by atoms with Gasteiger partial charge in [-0.1, -0.05) is 32.6 Å². The Morgan fingerprint density at radius 1 is 0.833 bits per heavy atom. The SMILES string of the molecule is CCCCCCCNC12CC3CC(CC(C3)C1)C2. The molecule has 0 atom stereocenters. The van der Waals surface area contributed by atoms with E-state index in [-0.39, 0.29) is 0 Å². The molecule has 0 radical (unpaired) electrons. The van der Waals surface area contributed by atoms with Crippen LogP contribution in [0.5, 0.6) is 0 Å². The van der Waals surface area contributed by atoms with E-state index < -0.39 is 0 Å². The minimum atomic E-state index is 0.597. The molecule has 4 saturated carbocycles. The van der Waals surface area contributed by atoms with Gasteiger partial charge in [-0.05, 0) is 69.2 Å². The largest absolute Gasteiger partial charge is 0.311 e. The highest BCUT2D eigenvalue weighted by Crippen LogP contribution is 2.55. The first-order valence-electron chi connectivity index (χ1n) is 8.55. The number of hydrogen-bond donors (Lipinski definition) is 1. The average molecular weight is 249 g/mol. The Bertz CT molecular complexity index is 235. The molecule has 1 N–H and O–H groups in total. The maximum absolute atomic E-state index is 4.00. The van der Waals surface area contributed by atoms with Crippen molar-refractivity contribution in [2.24, 2.45) is 17.8 Å². The molecule has 4 aliphatic rings. The van der Waals surface area contributed by atoms with E-state index in [1.165, 1.54) is 57.9 Å². The number of rotatable bonds is 7. The summed E-state index contributed by atoms with van der Waals surface area (Å²) in [5.41, 5.74) is 0.597. The molecule has 0 aliphatic heterocycles. The summed E-state index contributed by atoms with van der Waals surface area (Å²) in [6.45, 7) is 3.59. The lowest BCUT2D eigenvalue weighted by Crippen LogP contribution is -2.58. The molecule has 1 nitrogen and oxygen atoms in total. The summed E-state index contributed by atoms with van der Waals surface area (Å²) in [4.78, 5) is 0. The molecule has 1 heteroatoms. The highest BCUT2D eigenvalue weighted by molar-refractivity contribution is 5.06. The molecule has 4 rings (SSSR count). The van der Waals surface area contributed by atoms with Crippen molar-refractivity contribution in [2.75, 3.05) is 6.54 Å². The Hall–Kier alpha value is -0.0400. The maximum Gasteiger partial charge on any atom is 0.0189 e. The van der Waals surface area contributed by atoms with Gasteiger partial charge in [-0.25, -0.2) is 0 Å². The molecular formula is C17H31N. The Labute approximate surface area is 113 Å². The molecular weight excluding hydrogens is 218 g/mol. The lowest BCUT2D eigenvalue weighted by atomic mass is 9.53. The minimum absolute atomic E-state index is 0.597. The summed E-state index contributed by atoms with van der Waals surface area (Å²) in [5.74, 6) is 3.26. The summed E-state index contributed by atoms with van der Waals surface area (Å²) < 4.78 is 0. The van der Waals surface area contributed by atoms with Crippen LogP contribution in [0.2, 0.25) is 0 Å². The molecule has 0 amide bonds. The van der Waals surface area contributed by atoms with Crippen LogP contribution in [0.1, 0.15) is 77.6 Å². The van der Waals surface area contributed by atoms with Gasteiger partial charge in [0, 0.05) is 5.54 Å².